The number of amides is 3. The summed E-state index contributed by atoms with van der Waals surface area (Å²) in [6.07, 6.45) is 8.51. The second-order valence-corrected chi connectivity index (χ2v) is 12.4. The van der Waals surface area contributed by atoms with E-state index in [1.54, 1.807) is 50.0 Å². The summed E-state index contributed by atoms with van der Waals surface area (Å²) >= 11 is 0. The van der Waals surface area contributed by atoms with Gasteiger partial charge in [0.25, 0.3) is 5.91 Å². The Morgan fingerprint density at radius 3 is 2.48 bits per heavy atom. The van der Waals surface area contributed by atoms with Gasteiger partial charge in [0.1, 0.15) is 11.9 Å². The third kappa shape index (κ3) is 4.48. The Morgan fingerprint density at radius 2 is 1.79 bits per heavy atom. The number of Topliss-reactive ketones (excluding diaryl/α,β-unsaturated/α-hetero) is 1. The van der Waals surface area contributed by atoms with Gasteiger partial charge in [-0.3, -0.25) is 24.2 Å². The smallest absolute Gasteiger partial charge is 0.256 e. The van der Waals surface area contributed by atoms with E-state index < -0.39 is 11.9 Å². The Labute approximate surface area is 244 Å². The first-order chi connectivity index (χ1) is 20.1. The van der Waals surface area contributed by atoms with E-state index in [2.05, 4.69) is 4.98 Å². The fourth-order valence-corrected chi connectivity index (χ4v) is 7.30. The molecule has 3 fully saturated rings. The largest absolute Gasteiger partial charge is 0.339 e. The monoisotopic (exact) mass is 573 g/mol. The number of nitrogens with zero attached hydrogens (tertiary/aromatic N) is 5. The van der Waals surface area contributed by atoms with Crippen LogP contribution < -0.4 is 0 Å². The first kappa shape index (κ1) is 28.1. The molecule has 1 aliphatic carbocycles. The summed E-state index contributed by atoms with van der Waals surface area (Å²) in [5, 5.41) is 0.673. The van der Waals surface area contributed by atoms with E-state index in [-0.39, 0.29) is 53.1 Å². The molecule has 2 saturated heterocycles. The molecule has 4 heterocycles. The number of fused-ring (bicyclic) bond motifs is 3. The molecule has 0 N–H and O–H groups in total. The zero-order chi connectivity index (χ0) is 29.9. The van der Waals surface area contributed by atoms with E-state index in [1.807, 2.05) is 27.7 Å². The van der Waals surface area contributed by atoms with Crippen LogP contribution in [-0.2, 0) is 9.59 Å². The Kier molecular flexibility index (Phi) is 7.11. The summed E-state index contributed by atoms with van der Waals surface area (Å²) in [6, 6.07) is 5.39. The van der Waals surface area contributed by atoms with Crippen LogP contribution in [0.25, 0.3) is 16.6 Å². The Morgan fingerprint density at radius 1 is 1.05 bits per heavy atom. The van der Waals surface area contributed by atoms with E-state index in [0.29, 0.717) is 35.2 Å². The number of hydrogen-bond acceptors (Lipinski definition) is 5. The van der Waals surface area contributed by atoms with Gasteiger partial charge in [0.05, 0.1) is 28.9 Å². The highest BCUT2D eigenvalue weighted by Crippen LogP contribution is 2.43. The summed E-state index contributed by atoms with van der Waals surface area (Å²) in [5.74, 6) is -1.18. The predicted molar refractivity (Wildman–Crippen MR) is 155 cm³/mol. The average molecular weight is 574 g/mol. The molecule has 0 spiro atoms. The van der Waals surface area contributed by atoms with Gasteiger partial charge >= 0.3 is 0 Å². The summed E-state index contributed by atoms with van der Waals surface area (Å²) < 4.78 is 16.2. The van der Waals surface area contributed by atoms with Gasteiger partial charge in [0.15, 0.2) is 5.78 Å². The number of halogens is 1. The molecule has 2 aliphatic heterocycles. The van der Waals surface area contributed by atoms with Crippen molar-refractivity contribution in [3.05, 3.63) is 59.8 Å². The van der Waals surface area contributed by atoms with Crippen molar-refractivity contribution in [3.8, 4) is 5.69 Å². The molecule has 3 amide bonds. The molecule has 1 aromatic carbocycles. The minimum absolute atomic E-state index is 0.0701. The molecule has 3 aromatic rings. The predicted octanol–water partition coefficient (Wildman–Crippen LogP) is 4.07. The minimum Gasteiger partial charge on any atom is -0.339 e. The first-order valence-corrected chi connectivity index (χ1v) is 14.7. The minimum atomic E-state index is -0.525. The molecule has 3 atom stereocenters. The number of hydrogen-bond donors (Lipinski definition) is 0. The molecule has 3 aliphatic rings. The maximum absolute atomic E-state index is 14.5. The van der Waals surface area contributed by atoms with Crippen molar-refractivity contribution in [2.75, 3.05) is 13.1 Å². The lowest BCUT2D eigenvalue weighted by molar-refractivity contribution is -0.147. The van der Waals surface area contributed by atoms with Crippen molar-refractivity contribution in [1.29, 1.82) is 0 Å². The molecule has 2 unspecified atom stereocenters. The molecule has 42 heavy (non-hydrogen) atoms. The summed E-state index contributed by atoms with van der Waals surface area (Å²) in [6.45, 7) is 8.28. The maximum Gasteiger partial charge on any atom is 0.256 e. The van der Waals surface area contributed by atoms with E-state index in [0.717, 1.165) is 25.7 Å². The highest BCUT2D eigenvalue weighted by atomic mass is 19.1. The van der Waals surface area contributed by atoms with Crippen LogP contribution in [0.15, 0.2) is 42.9 Å². The lowest BCUT2D eigenvalue weighted by Crippen LogP contribution is -2.59. The zero-order valence-electron chi connectivity index (χ0n) is 24.4. The van der Waals surface area contributed by atoms with Gasteiger partial charge in [-0.05, 0) is 77.1 Å². The summed E-state index contributed by atoms with van der Waals surface area (Å²) in [4.78, 5) is 61.8. The van der Waals surface area contributed by atoms with Crippen LogP contribution in [0, 0.1) is 17.7 Å². The van der Waals surface area contributed by atoms with Crippen LogP contribution in [0.3, 0.4) is 0 Å². The third-order valence-electron chi connectivity index (χ3n) is 9.24. The van der Waals surface area contributed by atoms with Crippen molar-refractivity contribution in [3.63, 3.8) is 0 Å². The molecule has 220 valence electrons. The SMILES string of the molecule is CC(C)N(C(=O)c1cc(F)ccc1-n1cc(C(=O)C2CN(C(=O)C3C4CC[C@H](C4)N3C=O)C2)c2ccncc21)C(C)C. The van der Waals surface area contributed by atoms with Crippen LogP contribution in [-0.4, -0.2) is 85.5 Å². The number of benzene rings is 1. The fraction of sp³-hybridized carbons (Fsp3) is 0.469. The molecule has 1 saturated carbocycles. The first-order valence-electron chi connectivity index (χ1n) is 14.7. The van der Waals surface area contributed by atoms with E-state index >= 15 is 0 Å². The van der Waals surface area contributed by atoms with Gasteiger partial charge in [0, 0.05) is 54.6 Å². The number of likely N-dealkylation sites (tertiary alicyclic amines) is 2. The number of carbonyl (C=O) groups excluding carboxylic acids is 4. The van der Waals surface area contributed by atoms with E-state index in [4.69, 9.17) is 0 Å². The number of ketones is 1. The van der Waals surface area contributed by atoms with Crippen molar-refractivity contribution in [2.24, 2.45) is 11.8 Å². The van der Waals surface area contributed by atoms with E-state index in [9.17, 15) is 23.6 Å². The Hall–Kier alpha value is -4.08. The van der Waals surface area contributed by atoms with Crippen molar-refractivity contribution >= 4 is 34.9 Å². The number of rotatable bonds is 8. The van der Waals surface area contributed by atoms with Crippen LogP contribution in [0.1, 0.15) is 67.7 Å². The lowest BCUT2D eigenvalue weighted by atomic mass is 9.88. The second kappa shape index (κ2) is 10.6. The number of carbonyl (C=O) groups is 4. The highest BCUT2D eigenvalue weighted by molar-refractivity contribution is 6.10. The normalized spacial score (nSPS) is 21.8. The molecule has 10 heteroatoms. The van der Waals surface area contributed by atoms with Gasteiger partial charge in [-0.2, -0.15) is 0 Å². The summed E-state index contributed by atoms with van der Waals surface area (Å²) in [5.41, 5.74) is 1.74. The Bertz CT molecular complexity index is 1570. The second-order valence-electron chi connectivity index (χ2n) is 12.4. The third-order valence-corrected chi connectivity index (χ3v) is 9.24. The van der Waals surface area contributed by atoms with E-state index in [1.165, 1.54) is 12.1 Å². The standard InChI is InChI=1S/C32H36FN5O4/c1-18(2)38(19(3)4)31(41)25-12-22(33)6-8-27(25)36-16-26(24-9-10-34-13-28(24)36)30(40)21-14-35(15-21)32(42)29-20-5-7-23(11-20)37(29)17-39/h6,8-10,12-13,16-21,23,29H,5,7,11,14-15H2,1-4H3/t20?,23-,29?/m1/s1. The quantitative estimate of drug-likeness (QED) is 0.299. The fourth-order valence-electron chi connectivity index (χ4n) is 7.30. The lowest BCUT2D eigenvalue weighted by Gasteiger charge is -2.42. The zero-order valence-corrected chi connectivity index (χ0v) is 24.4. The van der Waals surface area contributed by atoms with Gasteiger partial charge in [-0.1, -0.05) is 0 Å². The van der Waals surface area contributed by atoms with Crippen LogP contribution >= 0.6 is 0 Å². The van der Waals surface area contributed by atoms with Crippen molar-refractivity contribution in [2.45, 2.75) is 71.1 Å². The molecule has 6 rings (SSSR count). The average Bonchev–Trinajstić information content (AvgIpc) is 3.65. The number of piperidine rings is 1. The van der Waals surface area contributed by atoms with Crippen LogP contribution in [0.2, 0.25) is 0 Å². The van der Waals surface area contributed by atoms with Crippen molar-refractivity contribution in [1.82, 2.24) is 24.3 Å². The highest BCUT2D eigenvalue weighted by Gasteiger charge is 2.51. The molecular formula is C32H36FN5O4. The number of pyridine rings is 1. The molecule has 9 nitrogen and oxygen atoms in total. The topological polar surface area (TPSA) is 95.8 Å². The maximum atomic E-state index is 14.5. The van der Waals surface area contributed by atoms with Gasteiger partial charge in [-0.25, -0.2) is 4.39 Å². The molecule has 0 radical (unpaired) electrons. The van der Waals surface area contributed by atoms with Gasteiger partial charge < -0.3 is 19.3 Å². The summed E-state index contributed by atoms with van der Waals surface area (Å²) in [7, 11) is 0. The molecule has 2 bridgehead atoms. The van der Waals surface area contributed by atoms with Gasteiger partial charge in [0.2, 0.25) is 12.3 Å². The Balaban J connectivity index is 1.29. The van der Waals surface area contributed by atoms with Gasteiger partial charge in [-0.15, -0.1) is 0 Å². The molecule has 2 aromatic heterocycles. The molecular weight excluding hydrogens is 537 g/mol. The van der Waals surface area contributed by atoms with Crippen LogP contribution in [0.4, 0.5) is 4.39 Å². The number of aromatic nitrogens is 2. The van der Waals surface area contributed by atoms with Crippen molar-refractivity contribution < 1.29 is 23.6 Å². The van der Waals surface area contributed by atoms with Crippen LogP contribution in [0.5, 0.6) is 0 Å².